The Labute approximate surface area is 99.6 Å². The van der Waals surface area contributed by atoms with Crippen LogP contribution < -0.4 is 9.46 Å². The van der Waals surface area contributed by atoms with Gasteiger partial charge in [0.2, 0.25) is 10.0 Å². The van der Waals surface area contributed by atoms with Crippen molar-refractivity contribution in [3.63, 3.8) is 0 Å². The lowest BCUT2D eigenvalue weighted by atomic mass is 10.3. The molecule has 0 heterocycles. The molecule has 0 atom stereocenters. The van der Waals surface area contributed by atoms with Crippen molar-refractivity contribution in [3.8, 4) is 5.75 Å². The van der Waals surface area contributed by atoms with Crippen molar-refractivity contribution in [2.24, 2.45) is 0 Å². The van der Waals surface area contributed by atoms with Crippen LogP contribution in [0.15, 0.2) is 18.2 Å². The van der Waals surface area contributed by atoms with Crippen molar-refractivity contribution in [2.45, 2.75) is 18.9 Å². The number of hydrogen-bond donors (Lipinski definition) is 1. The first-order chi connectivity index (χ1) is 7.46. The minimum atomic E-state index is -3.35. The first-order valence-electron chi connectivity index (χ1n) is 4.89. The predicted octanol–water partition coefficient (Wildman–Crippen LogP) is 2.25. The van der Waals surface area contributed by atoms with E-state index >= 15 is 0 Å². The maximum Gasteiger partial charge on any atom is 0.229 e. The van der Waals surface area contributed by atoms with E-state index < -0.39 is 10.0 Å². The summed E-state index contributed by atoms with van der Waals surface area (Å²) in [5, 5.41) is 0.337. The molecule has 0 aromatic heterocycles. The highest BCUT2D eigenvalue weighted by Gasteiger charge is 2.25. The van der Waals surface area contributed by atoms with E-state index in [2.05, 4.69) is 4.72 Å². The zero-order valence-electron chi connectivity index (χ0n) is 8.73. The van der Waals surface area contributed by atoms with Gasteiger partial charge in [0.25, 0.3) is 0 Å². The fraction of sp³-hybridized carbons (Fsp3) is 0.400. The Morgan fingerprint density at radius 2 is 2.12 bits per heavy atom. The summed E-state index contributed by atoms with van der Waals surface area (Å²) in [6.07, 6.45) is 3.28. The first-order valence-corrected chi connectivity index (χ1v) is 7.15. The summed E-state index contributed by atoms with van der Waals surface area (Å²) in [6.45, 7) is 0. The lowest BCUT2D eigenvalue weighted by Crippen LogP contribution is -2.11. The normalized spacial score (nSPS) is 15.9. The van der Waals surface area contributed by atoms with Gasteiger partial charge in [-0.1, -0.05) is 17.7 Å². The molecule has 0 amide bonds. The SMILES string of the molecule is CS(=O)(=O)Nc1c(Cl)cccc1OC1CC1. The van der Waals surface area contributed by atoms with Gasteiger partial charge in [0.1, 0.15) is 11.4 Å². The minimum Gasteiger partial charge on any atom is -0.488 e. The summed E-state index contributed by atoms with van der Waals surface area (Å²) in [5.41, 5.74) is 0.318. The number of para-hydroxylation sites is 1. The van der Waals surface area contributed by atoms with Crippen LogP contribution in [0.25, 0.3) is 0 Å². The molecule has 1 saturated carbocycles. The molecule has 1 aromatic rings. The highest BCUT2D eigenvalue weighted by atomic mass is 35.5. The zero-order chi connectivity index (χ0) is 11.8. The molecule has 16 heavy (non-hydrogen) atoms. The molecule has 2 rings (SSSR count). The molecule has 6 heteroatoms. The molecule has 0 aliphatic heterocycles. The zero-order valence-corrected chi connectivity index (χ0v) is 10.3. The Balaban J connectivity index is 2.31. The van der Waals surface area contributed by atoms with Gasteiger partial charge in [-0.15, -0.1) is 0 Å². The van der Waals surface area contributed by atoms with E-state index in [1.807, 2.05) is 0 Å². The predicted molar refractivity (Wildman–Crippen MR) is 63.6 cm³/mol. The third-order valence-corrected chi connectivity index (χ3v) is 2.97. The number of nitrogens with one attached hydrogen (secondary N) is 1. The van der Waals surface area contributed by atoms with E-state index in [1.54, 1.807) is 18.2 Å². The van der Waals surface area contributed by atoms with Crippen molar-refractivity contribution in [1.82, 2.24) is 0 Å². The molecule has 1 fully saturated rings. The molecule has 0 spiro atoms. The fourth-order valence-corrected chi connectivity index (χ4v) is 2.10. The van der Waals surface area contributed by atoms with E-state index in [0.29, 0.717) is 16.5 Å². The Kier molecular flexibility index (Phi) is 2.99. The summed E-state index contributed by atoms with van der Waals surface area (Å²) in [4.78, 5) is 0. The average molecular weight is 262 g/mol. The third kappa shape index (κ3) is 3.02. The fourth-order valence-electron chi connectivity index (χ4n) is 1.25. The van der Waals surface area contributed by atoms with Crippen LogP contribution in [0, 0.1) is 0 Å². The van der Waals surface area contributed by atoms with E-state index in [1.165, 1.54) is 0 Å². The average Bonchev–Trinajstić information content (AvgIpc) is 2.93. The van der Waals surface area contributed by atoms with E-state index in [-0.39, 0.29) is 6.10 Å². The smallest absolute Gasteiger partial charge is 0.229 e. The lowest BCUT2D eigenvalue weighted by Gasteiger charge is -2.12. The molecule has 1 aromatic carbocycles. The maximum absolute atomic E-state index is 11.2. The van der Waals surface area contributed by atoms with Crippen molar-refractivity contribution >= 4 is 27.3 Å². The van der Waals surface area contributed by atoms with Crippen LogP contribution >= 0.6 is 11.6 Å². The van der Waals surface area contributed by atoms with Gasteiger partial charge in [-0.2, -0.15) is 0 Å². The molecule has 4 nitrogen and oxygen atoms in total. The molecule has 0 saturated heterocycles. The van der Waals surface area contributed by atoms with Crippen molar-refractivity contribution in [3.05, 3.63) is 23.2 Å². The quantitative estimate of drug-likeness (QED) is 0.904. The topological polar surface area (TPSA) is 55.4 Å². The Morgan fingerprint density at radius 3 is 2.69 bits per heavy atom. The standard InChI is InChI=1S/C10H12ClNO3S/c1-16(13,14)12-10-8(11)3-2-4-9(10)15-7-5-6-7/h2-4,7,12H,5-6H2,1H3. The van der Waals surface area contributed by atoms with Gasteiger partial charge >= 0.3 is 0 Å². The second kappa shape index (κ2) is 4.14. The molecular formula is C10H12ClNO3S. The van der Waals surface area contributed by atoms with Gasteiger partial charge in [-0.25, -0.2) is 8.42 Å². The summed E-state index contributed by atoms with van der Waals surface area (Å²) < 4.78 is 30.3. The Bertz CT molecular complexity index is 497. The Morgan fingerprint density at radius 1 is 1.44 bits per heavy atom. The highest BCUT2D eigenvalue weighted by Crippen LogP contribution is 2.36. The number of ether oxygens (including phenoxy) is 1. The van der Waals surface area contributed by atoms with Crippen LogP contribution in [0.2, 0.25) is 5.02 Å². The molecule has 88 valence electrons. The summed E-state index contributed by atoms with van der Waals surface area (Å²) >= 11 is 5.93. The number of benzene rings is 1. The van der Waals surface area contributed by atoms with Crippen LogP contribution in [-0.2, 0) is 10.0 Å². The monoisotopic (exact) mass is 261 g/mol. The van der Waals surface area contributed by atoms with Gasteiger partial charge in [0.05, 0.1) is 17.4 Å². The molecule has 0 unspecified atom stereocenters. The van der Waals surface area contributed by atoms with E-state index in [4.69, 9.17) is 16.3 Å². The van der Waals surface area contributed by atoms with E-state index in [9.17, 15) is 8.42 Å². The number of halogens is 1. The highest BCUT2D eigenvalue weighted by molar-refractivity contribution is 7.92. The second-order valence-corrected chi connectivity index (χ2v) is 5.96. The van der Waals surface area contributed by atoms with Crippen molar-refractivity contribution in [1.29, 1.82) is 0 Å². The molecule has 1 N–H and O–H groups in total. The largest absolute Gasteiger partial charge is 0.488 e. The molecule has 1 aliphatic carbocycles. The lowest BCUT2D eigenvalue weighted by molar-refractivity contribution is 0.305. The number of anilines is 1. The molecular weight excluding hydrogens is 250 g/mol. The summed E-state index contributed by atoms with van der Waals surface area (Å²) in [5.74, 6) is 0.487. The van der Waals surface area contributed by atoms with Crippen LogP contribution in [0.3, 0.4) is 0 Å². The first kappa shape index (κ1) is 11.5. The van der Waals surface area contributed by atoms with Crippen molar-refractivity contribution < 1.29 is 13.2 Å². The van der Waals surface area contributed by atoms with Crippen LogP contribution in [0.4, 0.5) is 5.69 Å². The van der Waals surface area contributed by atoms with Gasteiger partial charge in [0.15, 0.2) is 0 Å². The van der Waals surface area contributed by atoms with Gasteiger partial charge in [-0.3, -0.25) is 4.72 Å². The maximum atomic E-state index is 11.2. The van der Waals surface area contributed by atoms with Gasteiger partial charge < -0.3 is 4.74 Å². The van der Waals surface area contributed by atoms with Crippen LogP contribution in [0.1, 0.15) is 12.8 Å². The molecule has 1 aliphatic rings. The number of rotatable bonds is 4. The third-order valence-electron chi connectivity index (χ3n) is 2.08. The van der Waals surface area contributed by atoms with Crippen LogP contribution in [-0.4, -0.2) is 20.8 Å². The summed E-state index contributed by atoms with van der Waals surface area (Å²) in [7, 11) is -3.35. The van der Waals surface area contributed by atoms with Gasteiger partial charge in [-0.05, 0) is 25.0 Å². The van der Waals surface area contributed by atoms with E-state index in [0.717, 1.165) is 19.1 Å². The van der Waals surface area contributed by atoms with Crippen LogP contribution in [0.5, 0.6) is 5.75 Å². The number of hydrogen-bond acceptors (Lipinski definition) is 3. The summed E-state index contributed by atoms with van der Waals surface area (Å²) in [6, 6.07) is 5.06. The van der Waals surface area contributed by atoms with Crippen molar-refractivity contribution in [2.75, 3.05) is 11.0 Å². The molecule has 0 bridgehead atoms. The minimum absolute atomic E-state index is 0.193. The van der Waals surface area contributed by atoms with Gasteiger partial charge in [0, 0.05) is 0 Å². The molecule has 0 radical (unpaired) electrons. The Hall–Kier alpha value is -0.940. The second-order valence-electron chi connectivity index (χ2n) is 3.80. The number of sulfonamides is 1.